The highest BCUT2D eigenvalue weighted by Crippen LogP contribution is 2.26. The predicted molar refractivity (Wildman–Crippen MR) is 96.7 cm³/mol. The molecule has 2 aromatic carbocycles. The Morgan fingerprint density at radius 2 is 1.74 bits per heavy atom. The van der Waals surface area contributed by atoms with Gasteiger partial charge in [0, 0.05) is 0 Å². The maximum atomic E-state index is 4.95. The first-order valence-electron chi connectivity index (χ1n) is 8.25. The van der Waals surface area contributed by atoms with Crippen molar-refractivity contribution in [1.82, 2.24) is 4.98 Å². The Balaban J connectivity index is 2.24. The average Bonchev–Trinajstić information content (AvgIpc) is 2.49. The van der Waals surface area contributed by atoms with E-state index >= 15 is 0 Å². The number of benzene rings is 2. The van der Waals surface area contributed by atoms with Crippen LogP contribution >= 0.6 is 0 Å². The Morgan fingerprint density at radius 3 is 2.43 bits per heavy atom. The summed E-state index contributed by atoms with van der Waals surface area (Å²) in [6.45, 7) is 10.9. The molecule has 0 amide bonds. The SMILES string of the molecule is Cc1cc(C)c(C)c(-c2nc3ccc(C(C)C)cc3c[n+]2C)c1. The molecule has 0 atom stereocenters. The molecule has 0 N–H and O–H groups in total. The van der Waals surface area contributed by atoms with E-state index in [1.807, 2.05) is 0 Å². The Kier molecular flexibility index (Phi) is 3.93. The van der Waals surface area contributed by atoms with Gasteiger partial charge >= 0.3 is 5.82 Å². The summed E-state index contributed by atoms with van der Waals surface area (Å²) in [5.74, 6) is 1.56. The molecular formula is C21H25N2+. The van der Waals surface area contributed by atoms with E-state index in [1.54, 1.807) is 0 Å². The van der Waals surface area contributed by atoms with Gasteiger partial charge in [0.15, 0.2) is 5.52 Å². The van der Waals surface area contributed by atoms with Crippen LogP contribution in [0.2, 0.25) is 0 Å². The fourth-order valence-electron chi connectivity index (χ4n) is 3.12. The van der Waals surface area contributed by atoms with Gasteiger partial charge in [-0.1, -0.05) is 26.0 Å². The third-order valence-electron chi connectivity index (χ3n) is 4.66. The van der Waals surface area contributed by atoms with Crippen LogP contribution in [0.15, 0.2) is 36.5 Å². The first-order chi connectivity index (χ1) is 10.9. The molecule has 23 heavy (non-hydrogen) atoms. The first-order valence-corrected chi connectivity index (χ1v) is 8.25. The second-order valence-electron chi connectivity index (χ2n) is 6.90. The first kappa shape index (κ1) is 15.7. The van der Waals surface area contributed by atoms with Gasteiger partial charge in [-0.05, 0) is 72.1 Å². The van der Waals surface area contributed by atoms with Crippen molar-refractivity contribution >= 4 is 10.9 Å². The smallest absolute Gasteiger partial charge is 0.232 e. The van der Waals surface area contributed by atoms with Crippen LogP contribution in [0.4, 0.5) is 0 Å². The normalized spacial score (nSPS) is 11.4. The molecule has 0 aliphatic heterocycles. The van der Waals surface area contributed by atoms with E-state index in [-0.39, 0.29) is 0 Å². The third-order valence-corrected chi connectivity index (χ3v) is 4.66. The van der Waals surface area contributed by atoms with Gasteiger partial charge < -0.3 is 0 Å². The fourth-order valence-corrected chi connectivity index (χ4v) is 3.12. The lowest BCUT2D eigenvalue weighted by molar-refractivity contribution is -0.661. The summed E-state index contributed by atoms with van der Waals surface area (Å²) in [5, 5.41) is 1.20. The number of fused-ring (bicyclic) bond motifs is 1. The quantitative estimate of drug-likeness (QED) is 0.623. The van der Waals surface area contributed by atoms with E-state index in [0.29, 0.717) is 5.92 Å². The molecule has 1 aromatic heterocycles. The van der Waals surface area contributed by atoms with Crippen LogP contribution in [-0.2, 0) is 7.05 Å². The highest BCUT2D eigenvalue weighted by atomic mass is 15.0. The van der Waals surface area contributed by atoms with E-state index in [9.17, 15) is 0 Å². The van der Waals surface area contributed by atoms with E-state index in [1.165, 1.54) is 33.2 Å². The number of aryl methyl sites for hydroxylation is 3. The van der Waals surface area contributed by atoms with Crippen molar-refractivity contribution in [3.8, 4) is 11.4 Å². The monoisotopic (exact) mass is 305 g/mol. The summed E-state index contributed by atoms with van der Waals surface area (Å²) >= 11 is 0. The minimum atomic E-state index is 0.533. The summed E-state index contributed by atoms with van der Waals surface area (Å²) in [4.78, 5) is 4.95. The molecule has 0 radical (unpaired) electrons. The van der Waals surface area contributed by atoms with E-state index in [4.69, 9.17) is 4.98 Å². The number of nitrogens with zero attached hydrogens (tertiary/aromatic N) is 2. The number of rotatable bonds is 2. The third kappa shape index (κ3) is 2.86. The van der Waals surface area contributed by atoms with Gasteiger partial charge in [-0.3, -0.25) is 0 Å². The van der Waals surface area contributed by atoms with E-state index in [0.717, 1.165) is 11.3 Å². The van der Waals surface area contributed by atoms with Crippen molar-refractivity contribution in [2.75, 3.05) is 0 Å². The topological polar surface area (TPSA) is 16.8 Å². The molecule has 3 aromatic rings. The lowest BCUT2D eigenvalue weighted by atomic mass is 9.99. The summed E-state index contributed by atoms with van der Waals surface area (Å²) in [6.07, 6.45) is 2.20. The van der Waals surface area contributed by atoms with E-state index in [2.05, 4.69) is 82.8 Å². The van der Waals surface area contributed by atoms with Gasteiger partial charge in [0.1, 0.15) is 6.20 Å². The molecule has 1 heterocycles. The number of hydrogen-bond acceptors (Lipinski definition) is 1. The van der Waals surface area contributed by atoms with Crippen LogP contribution in [0, 0.1) is 20.8 Å². The molecular weight excluding hydrogens is 280 g/mol. The fraction of sp³-hybridized carbons (Fsp3) is 0.333. The van der Waals surface area contributed by atoms with Gasteiger partial charge in [-0.2, -0.15) is 0 Å². The van der Waals surface area contributed by atoms with Crippen LogP contribution < -0.4 is 4.57 Å². The summed E-state index contributed by atoms with van der Waals surface area (Å²) in [6, 6.07) is 11.1. The van der Waals surface area contributed by atoms with Crippen LogP contribution in [-0.4, -0.2) is 4.98 Å². The summed E-state index contributed by atoms with van der Waals surface area (Å²) in [7, 11) is 2.08. The van der Waals surface area contributed by atoms with Gasteiger partial charge in [0.2, 0.25) is 0 Å². The highest BCUT2D eigenvalue weighted by Gasteiger charge is 2.19. The maximum absolute atomic E-state index is 4.95. The second-order valence-corrected chi connectivity index (χ2v) is 6.90. The van der Waals surface area contributed by atoms with Crippen molar-refractivity contribution in [2.45, 2.75) is 40.5 Å². The molecule has 0 spiro atoms. The zero-order valence-electron chi connectivity index (χ0n) is 14.9. The Hall–Kier alpha value is -2.22. The maximum Gasteiger partial charge on any atom is 0.331 e. The average molecular weight is 305 g/mol. The molecule has 2 heteroatoms. The zero-order valence-corrected chi connectivity index (χ0v) is 14.9. The van der Waals surface area contributed by atoms with Crippen LogP contribution in [0.1, 0.15) is 42.0 Å². The zero-order chi connectivity index (χ0) is 16.7. The van der Waals surface area contributed by atoms with Crippen molar-refractivity contribution in [1.29, 1.82) is 0 Å². The number of aromatic nitrogens is 2. The van der Waals surface area contributed by atoms with Gasteiger partial charge in [-0.15, -0.1) is 0 Å². The van der Waals surface area contributed by atoms with Crippen molar-refractivity contribution in [3.63, 3.8) is 0 Å². The Labute approximate surface area is 138 Å². The molecule has 118 valence electrons. The van der Waals surface area contributed by atoms with Crippen LogP contribution in [0.25, 0.3) is 22.3 Å². The Bertz CT molecular complexity index is 892. The summed E-state index contributed by atoms with van der Waals surface area (Å²) in [5.41, 5.74) is 7.53. The molecule has 0 unspecified atom stereocenters. The van der Waals surface area contributed by atoms with Crippen LogP contribution in [0.3, 0.4) is 0 Å². The lowest BCUT2D eigenvalue weighted by Crippen LogP contribution is -2.32. The van der Waals surface area contributed by atoms with Gasteiger partial charge in [0.05, 0.1) is 18.0 Å². The molecule has 3 rings (SSSR count). The minimum absolute atomic E-state index is 0.533. The minimum Gasteiger partial charge on any atom is -0.232 e. The van der Waals surface area contributed by atoms with Crippen molar-refractivity contribution in [3.05, 3.63) is 58.8 Å². The van der Waals surface area contributed by atoms with Crippen LogP contribution in [0.5, 0.6) is 0 Å². The molecule has 0 saturated carbocycles. The molecule has 0 aliphatic carbocycles. The highest BCUT2D eigenvalue weighted by molar-refractivity contribution is 5.79. The lowest BCUT2D eigenvalue weighted by Gasteiger charge is -2.09. The molecule has 0 saturated heterocycles. The molecule has 0 bridgehead atoms. The van der Waals surface area contributed by atoms with E-state index < -0.39 is 0 Å². The van der Waals surface area contributed by atoms with Crippen molar-refractivity contribution in [2.24, 2.45) is 7.05 Å². The number of hydrogen-bond donors (Lipinski definition) is 0. The van der Waals surface area contributed by atoms with Crippen molar-refractivity contribution < 1.29 is 4.57 Å². The summed E-state index contributed by atoms with van der Waals surface area (Å²) < 4.78 is 2.15. The second kappa shape index (κ2) is 5.77. The Morgan fingerprint density at radius 1 is 1.00 bits per heavy atom. The molecule has 0 aliphatic rings. The van der Waals surface area contributed by atoms with Gasteiger partial charge in [0.25, 0.3) is 0 Å². The van der Waals surface area contributed by atoms with Gasteiger partial charge in [-0.25, -0.2) is 4.57 Å². The predicted octanol–water partition coefficient (Wildman–Crippen LogP) is 4.77. The molecule has 2 nitrogen and oxygen atoms in total. The largest absolute Gasteiger partial charge is 0.331 e. The standard InChI is InChI=1S/C21H25N2/c1-13(2)17-7-8-20-18(11-17)12-23(6)21(22-20)19-10-14(3)9-15(4)16(19)5/h7-13H,1-6H3/q+1. The molecule has 0 fully saturated rings.